The van der Waals surface area contributed by atoms with Crippen molar-refractivity contribution in [2.45, 2.75) is 52.2 Å². The van der Waals surface area contributed by atoms with Crippen LogP contribution in [0.1, 0.15) is 39.2 Å². The fraction of sp³-hybridized carbons (Fsp3) is 0.333. The van der Waals surface area contributed by atoms with Crippen molar-refractivity contribution < 1.29 is 14.3 Å². The van der Waals surface area contributed by atoms with Gasteiger partial charge in [0, 0.05) is 23.0 Å². The van der Waals surface area contributed by atoms with Crippen molar-refractivity contribution in [1.82, 2.24) is 10.2 Å². The molecule has 3 rings (SSSR count). The number of rotatable bonds is 10. The first kappa shape index (κ1) is 24.6. The fourth-order valence-corrected chi connectivity index (χ4v) is 3.91. The molecule has 0 heterocycles. The number of ether oxygens (including phenoxy) is 1. The highest BCUT2D eigenvalue weighted by Crippen LogP contribution is 2.26. The van der Waals surface area contributed by atoms with Gasteiger partial charge < -0.3 is 15.0 Å². The number of hydrogen-bond donors (Lipinski definition) is 1. The van der Waals surface area contributed by atoms with Gasteiger partial charge in [-0.05, 0) is 42.8 Å². The zero-order valence-electron chi connectivity index (χ0n) is 19.4. The van der Waals surface area contributed by atoms with E-state index >= 15 is 0 Å². The zero-order chi connectivity index (χ0) is 23.8. The van der Waals surface area contributed by atoms with Gasteiger partial charge in [-0.3, -0.25) is 9.59 Å². The standard InChI is InChI=1S/C27H31ClN2O3/c1-4-19(3)29-27(32)24(5-2)30(17-21-12-7-9-15-23(21)28)26(31)18-33-25-16-10-13-20-11-6-8-14-22(20)25/h6-16,19,24H,4-5,17-18H2,1-3H3,(H,29,32)/t19-,24+/m0/s1. The van der Waals surface area contributed by atoms with Crippen LogP contribution in [0.15, 0.2) is 66.7 Å². The predicted octanol–water partition coefficient (Wildman–Crippen LogP) is 5.59. The Labute approximate surface area is 200 Å². The summed E-state index contributed by atoms with van der Waals surface area (Å²) in [5, 5.41) is 5.54. The second-order valence-electron chi connectivity index (χ2n) is 8.12. The van der Waals surface area contributed by atoms with Crippen molar-refractivity contribution in [3.05, 3.63) is 77.3 Å². The number of fused-ring (bicyclic) bond motifs is 1. The first-order chi connectivity index (χ1) is 15.9. The van der Waals surface area contributed by atoms with Crippen LogP contribution in [0.25, 0.3) is 10.8 Å². The summed E-state index contributed by atoms with van der Waals surface area (Å²) < 4.78 is 5.95. The van der Waals surface area contributed by atoms with Gasteiger partial charge in [-0.2, -0.15) is 0 Å². The molecule has 3 aromatic rings. The van der Waals surface area contributed by atoms with Gasteiger partial charge >= 0.3 is 0 Å². The fourth-order valence-electron chi connectivity index (χ4n) is 3.71. The first-order valence-corrected chi connectivity index (χ1v) is 11.8. The van der Waals surface area contributed by atoms with E-state index in [0.717, 1.165) is 22.8 Å². The Morgan fingerprint density at radius 1 is 0.970 bits per heavy atom. The summed E-state index contributed by atoms with van der Waals surface area (Å²) in [6, 6.07) is 20.4. The normalized spacial score (nSPS) is 12.7. The molecular formula is C27H31ClN2O3. The quantitative estimate of drug-likeness (QED) is 0.423. The molecule has 0 aromatic heterocycles. The summed E-state index contributed by atoms with van der Waals surface area (Å²) in [6.07, 6.45) is 1.29. The predicted molar refractivity (Wildman–Crippen MR) is 133 cm³/mol. The van der Waals surface area contributed by atoms with Gasteiger partial charge in [0.1, 0.15) is 11.8 Å². The number of nitrogens with zero attached hydrogens (tertiary/aromatic N) is 1. The maximum Gasteiger partial charge on any atom is 0.261 e. The topological polar surface area (TPSA) is 58.6 Å². The van der Waals surface area contributed by atoms with Gasteiger partial charge in [0.25, 0.3) is 5.91 Å². The van der Waals surface area contributed by atoms with Crippen LogP contribution in [-0.2, 0) is 16.1 Å². The summed E-state index contributed by atoms with van der Waals surface area (Å²) in [5.74, 6) is 0.197. The Bertz CT molecular complexity index is 1100. The summed E-state index contributed by atoms with van der Waals surface area (Å²) in [5.41, 5.74) is 0.785. The van der Waals surface area contributed by atoms with Crippen molar-refractivity contribution in [3.8, 4) is 5.75 Å². The third-order valence-electron chi connectivity index (χ3n) is 5.79. The van der Waals surface area contributed by atoms with E-state index in [4.69, 9.17) is 16.3 Å². The summed E-state index contributed by atoms with van der Waals surface area (Å²) >= 11 is 6.38. The van der Waals surface area contributed by atoms with E-state index < -0.39 is 6.04 Å². The molecule has 1 N–H and O–H groups in total. The van der Waals surface area contributed by atoms with Gasteiger partial charge in [-0.25, -0.2) is 0 Å². The lowest BCUT2D eigenvalue weighted by atomic mass is 10.1. The van der Waals surface area contributed by atoms with Crippen molar-refractivity contribution in [2.75, 3.05) is 6.61 Å². The van der Waals surface area contributed by atoms with Crippen molar-refractivity contribution >= 4 is 34.2 Å². The maximum absolute atomic E-state index is 13.4. The van der Waals surface area contributed by atoms with Crippen molar-refractivity contribution in [3.63, 3.8) is 0 Å². The van der Waals surface area contributed by atoms with Crippen LogP contribution >= 0.6 is 11.6 Å². The second kappa shape index (κ2) is 11.7. The molecule has 2 atom stereocenters. The minimum absolute atomic E-state index is 0.0238. The number of benzene rings is 3. The highest BCUT2D eigenvalue weighted by atomic mass is 35.5. The average molecular weight is 467 g/mol. The molecule has 0 aliphatic carbocycles. The lowest BCUT2D eigenvalue weighted by Crippen LogP contribution is -2.51. The van der Waals surface area contributed by atoms with Crippen LogP contribution in [0, 0.1) is 0 Å². The number of halogens is 1. The molecule has 0 aliphatic heterocycles. The summed E-state index contributed by atoms with van der Waals surface area (Å²) in [6.45, 7) is 5.92. The maximum atomic E-state index is 13.4. The van der Waals surface area contributed by atoms with Gasteiger partial charge in [-0.1, -0.05) is 80.0 Å². The molecule has 0 spiro atoms. The Kier molecular flexibility index (Phi) is 8.72. The average Bonchev–Trinajstić information content (AvgIpc) is 2.83. The first-order valence-electron chi connectivity index (χ1n) is 11.4. The molecule has 0 fully saturated rings. The molecule has 0 unspecified atom stereocenters. The minimum atomic E-state index is -0.626. The van der Waals surface area contributed by atoms with E-state index in [1.54, 1.807) is 11.0 Å². The lowest BCUT2D eigenvalue weighted by molar-refractivity contribution is -0.143. The minimum Gasteiger partial charge on any atom is -0.483 e. The molecule has 2 amide bonds. The highest BCUT2D eigenvalue weighted by molar-refractivity contribution is 6.31. The van der Waals surface area contributed by atoms with Crippen LogP contribution in [0.3, 0.4) is 0 Å². The number of amides is 2. The van der Waals surface area contributed by atoms with E-state index in [0.29, 0.717) is 17.2 Å². The Hall–Kier alpha value is -3.05. The smallest absolute Gasteiger partial charge is 0.261 e. The SMILES string of the molecule is CC[C@H](C(=O)N[C@@H](C)CC)N(Cc1ccccc1Cl)C(=O)COc1cccc2ccccc12. The van der Waals surface area contributed by atoms with Gasteiger partial charge in [0.05, 0.1) is 0 Å². The van der Waals surface area contributed by atoms with Crippen molar-refractivity contribution in [2.24, 2.45) is 0 Å². The van der Waals surface area contributed by atoms with Gasteiger partial charge in [0.15, 0.2) is 6.61 Å². The number of hydrogen-bond acceptors (Lipinski definition) is 3. The van der Waals surface area contributed by atoms with E-state index in [9.17, 15) is 9.59 Å². The second-order valence-corrected chi connectivity index (χ2v) is 8.53. The van der Waals surface area contributed by atoms with Crippen molar-refractivity contribution in [1.29, 1.82) is 0 Å². The summed E-state index contributed by atoms with van der Waals surface area (Å²) in [4.78, 5) is 28.0. The number of carbonyl (C=O) groups is 2. The van der Waals surface area contributed by atoms with Crippen LogP contribution in [0.2, 0.25) is 5.02 Å². The van der Waals surface area contributed by atoms with Crippen LogP contribution < -0.4 is 10.1 Å². The van der Waals surface area contributed by atoms with E-state index in [2.05, 4.69) is 5.32 Å². The summed E-state index contributed by atoms with van der Waals surface area (Å²) in [7, 11) is 0. The third-order valence-corrected chi connectivity index (χ3v) is 6.15. The molecule has 33 heavy (non-hydrogen) atoms. The van der Waals surface area contributed by atoms with E-state index in [1.807, 2.05) is 81.4 Å². The van der Waals surface area contributed by atoms with Crippen LogP contribution in [0.5, 0.6) is 5.75 Å². The molecule has 6 heteroatoms. The molecule has 0 aliphatic rings. The van der Waals surface area contributed by atoms with E-state index in [1.165, 1.54) is 0 Å². The Morgan fingerprint density at radius 2 is 1.67 bits per heavy atom. The molecule has 0 saturated carbocycles. The molecule has 0 saturated heterocycles. The molecule has 5 nitrogen and oxygen atoms in total. The largest absolute Gasteiger partial charge is 0.483 e. The highest BCUT2D eigenvalue weighted by Gasteiger charge is 2.30. The van der Waals surface area contributed by atoms with Gasteiger partial charge in [-0.15, -0.1) is 0 Å². The molecule has 0 bridgehead atoms. The monoisotopic (exact) mass is 466 g/mol. The van der Waals surface area contributed by atoms with Gasteiger partial charge in [0.2, 0.25) is 5.91 Å². The van der Waals surface area contributed by atoms with Crippen LogP contribution in [0.4, 0.5) is 0 Å². The Balaban J connectivity index is 1.84. The molecule has 174 valence electrons. The Morgan fingerprint density at radius 3 is 2.39 bits per heavy atom. The zero-order valence-corrected chi connectivity index (χ0v) is 20.1. The van der Waals surface area contributed by atoms with E-state index in [-0.39, 0.29) is 31.0 Å². The van der Waals surface area contributed by atoms with Crippen LogP contribution in [-0.4, -0.2) is 35.4 Å². The lowest BCUT2D eigenvalue weighted by Gasteiger charge is -2.31. The molecule has 0 radical (unpaired) electrons. The number of nitrogens with one attached hydrogen (secondary N) is 1. The molecular weight excluding hydrogens is 436 g/mol. The molecule has 3 aromatic carbocycles. The number of carbonyl (C=O) groups excluding carboxylic acids is 2. The third kappa shape index (κ3) is 6.26.